The zero-order chi connectivity index (χ0) is 10.7. The van der Waals surface area contributed by atoms with Crippen molar-refractivity contribution in [1.29, 1.82) is 0 Å². The quantitative estimate of drug-likeness (QED) is 0.795. The average Bonchev–Trinajstić information content (AvgIpc) is 2.66. The number of thioether (sulfide) groups is 1. The highest BCUT2D eigenvalue weighted by Crippen LogP contribution is 2.25. The van der Waals surface area contributed by atoms with E-state index in [0.29, 0.717) is 5.82 Å². The Labute approximate surface area is 94.9 Å². The van der Waals surface area contributed by atoms with Crippen LogP contribution in [0.25, 0.3) is 0 Å². The molecule has 0 amide bonds. The predicted molar refractivity (Wildman–Crippen MR) is 64.9 cm³/mol. The third-order valence-corrected chi connectivity index (χ3v) is 3.75. The van der Waals surface area contributed by atoms with Crippen LogP contribution in [0.5, 0.6) is 0 Å². The summed E-state index contributed by atoms with van der Waals surface area (Å²) in [6.45, 7) is 2.19. The van der Waals surface area contributed by atoms with Crippen molar-refractivity contribution < 1.29 is 0 Å². The van der Waals surface area contributed by atoms with Gasteiger partial charge < -0.3 is 5.73 Å². The van der Waals surface area contributed by atoms with Crippen molar-refractivity contribution in [2.45, 2.75) is 38.4 Å². The highest BCUT2D eigenvalue weighted by atomic mass is 32.2. The van der Waals surface area contributed by atoms with Crippen LogP contribution in [0, 0.1) is 0 Å². The summed E-state index contributed by atoms with van der Waals surface area (Å²) in [6, 6.07) is 0. The second-order valence-electron chi connectivity index (χ2n) is 3.86. The standard InChI is InChI=1S/C11H17N3S/c1-2-6-15-7-10-13-9-5-3-4-8(9)11(12)14-10/h2-7H2,1H3,(H2,12,13,14). The van der Waals surface area contributed by atoms with Gasteiger partial charge in [0, 0.05) is 11.3 Å². The summed E-state index contributed by atoms with van der Waals surface area (Å²) in [6.07, 6.45) is 4.52. The van der Waals surface area contributed by atoms with Crippen molar-refractivity contribution in [2.75, 3.05) is 11.5 Å². The number of fused-ring (bicyclic) bond motifs is 1. The molecule has 4 heteroatoms. The first kappa shape index (κ1) is 10.7. The number of anilines is 1. The SMILES string of the molecule is CCCSCc1nc(N)c2c(n1)CCC2. The molecule has 82 valence electrons. The monoisotopic (exact) mass is 223 g/mol. The molecular formula is C11H17N3S. The highest BCUT2D eigenvalue weighted by molar-refractivity contribution is 7.98. The minimum absolute atomic E-state index is 0.713. The number of nitrogens with zero attached hydrogens (tertiary/aromatic N) is 2. The smallest absolute Gasteiger partial charge is 0.140 e. The molecule has 2 rings (SSSR count). The molecular weight excluding hydrogens is 206 g/mol. The van der Waals surface area contributed by atoms with Gasteiger partial charge in [-0.05, 0) is 31.4 Å². The van der Waals surface area contributed by atoms with Crippen LogP contribution in [0.4, 0.5) is 5.82 Å². The van der Waals surface area contributed by atoms with Gasteiger partial charge in [-0.3, -0.25) is 0 Å². The maximum absolute atomic E-state index is 5.92. The number of hydrogen-bond acceptors (Lipinski definition) is 4. The number of nitrogen functional groups attached to an aromatic ring is 1. The lowest BCUT2D eigenvalue weighted by Crippen LogP contribution is -2.04. The maximum Gasteiger partial charge on any atom is 0.140 e. The van der Waals surface area contributed by atoms with E-state index in [2.05, 4.69) is 16.9 Å². The van der Waals surface area contributed by atoms with Crippen molar-refractivity contribution in [3.63, 3.8) is 0 Å². The fourth-order valence-electron chi connectivity index (χ4n) is 1.89. The van der Waals surface area contributed by atoms with E-state index in [0.717, 1.165) is 24.4 Å². The van der Waals surface area contributed by atoms with Gasteiger partial charge in [-0.2, -0.15) is 11.8 Å². The zero-order valence-corrected chi connectivity index (χ0v) is 9.94. The van der Waals surface area contributed by atoms with E-state index in [1.807, 2.05) is 11.8 Å². The Balaban J connectivity index is 2.09. The summed E-state index contributed by atoms with van der Waals surface area (Å²) < 4.78 is 0. The Morgan fingerprint density at radius 2 is 2.20 bits per heavy atom. The third kappa shape index (κ3) is 2.43. The first-order valence-corrected chi connectivity index (χ1v) is 6.68. The van der Waals surface area contributed by atoms with Gasteiger partial charge in [-0.1, -0.05) is 6.92 Å². The number of nitrogens with two attached hydrogens (primary N) is 1. The average molecular weight is 223 g/mol. The Hall–Kier alpha value is -0.770. The van der Waals surface area contributed by atoms with Crippen LogP contribution in [0.1, 0.15) is 36.8 Å². The normalized spacial score (nSPS) is 14.2. The first-order valence-electron chi connectivity index (χ1n) is 5.53. The molecule has 0 unspecified atom stereocenters. The molecule has 15 heavy (non-hydrogen) atoms. The second-order valence-corrected chi connectivity index (χ2v) is 4.96. The molecule has 0 atom stereocenters. The van der Waals surface area contributed by atoms with Crippen molar-refractivity contribution >= 4 is 17.6 Å². The van der Waals surface area contributed by atoms with Crippen LogP contribution >= 0.6 is 11.8 Å². The molecule has 2 N–H and O–H groups in total. The molecule has 3 nitrogen and oxygen atoms in total. The van der Waals surface area contributed by atoms with Gasteiger partial charge in [0.05, 0.1) is 5.75 Å². The van der Waals surface area contributed by atoms with Gasteiger partial charge in [-0.15, -0.1) is 0 Å². The topological polar surface area (TPSA) is 51.8 Å². The second kappa shape index (κ2) is 4.84. The molecule has 0 aromatic carbocycles. The van der Waals surface area contributed by atoms with E-state index in [1.54, 1.807) is 0 Å². The van der Waals surface area contributed by atoms with Crippen molar-refractivity contribution in [3.05, 3.63) is 17.1 Å². The fraction of sp³-hybridized carbons (Fsp3) is 0.636. The summed E-state index contributed by atoms with van der Waals surface area (Å²) in [5.41, 5.74) is 8.30. The maximum atomic E-state index is 5.92. The van der Waals surface area contributed by atoms with Gasteiger partial charge >= 0.3 is 0 Å². The van der Waals surface area contributed by atoms with Crippen LogP contribution in [0.3, 0.4) is 0 Å². The summed E-state index contributed by atoms with van der Waals surface area (Å²) in [4.78, 5) is 8.94. The van der Waals surface area contributed by atoms with Crippen LogP contribution in [0.15, 0.2) is 0 Å². The summed E-state index contributed by atoms with van der Waals surface area (Å²) >= 11 is 1.88. The molecule has 0 radical (unpaired) electrons. The Kier molecular flexibility index (Phi) is 3.46. The van der Waals surface area contributed by atoms with Gasteiger partial charge in [0.2, 0.25) is 0 Å². The lowest BCUT2D eigenvalue weighted by atomic mass is 10.2. The minimum Gasteiger partial charge on any atom is -0.383 e. The minimum atomic E-state index is 0.713. The van der Waals surface area contributed by atoms with E-state index in [1.165, 1.54) is 29.9 Å². The largest absolute Gasteiger partial charge is 0.383 e. The van der Waals surface area contributed by atoms with Crippen LogP contribution in [-0.4, -0.2) is 15.7 Å². The lowest BCUT2D eigenvalue weighted by Gasteiger charge is -2.05. The number of rotatable bonds is 4. The van der Waals surface area contributed by atoms with Gasteiger partial charge in [0.25, 0.3) is 0 Å². The van der Waals surface area contributed by atoms with Crippen molar-refractivity contribution in [2.24, 2.45) is 0 Å². The number of hydrogen-bond donors (Lipinski definition) is 1. The van der Waals surface area contributed by atoms with E-state index in [-0.39, 0.29) is 0 Å². The predicted octanol–water partition coefficient (Wildman–Crippen LogP) is 2.19. The number of aromatic nitrogens is 2. The van der Waals surface area contributed by atoms with Crippen LogP contribution < -0.4 is 5.73 Å². The third-order valence-electron chi connectivity index (χ3n) is 2.59. The summed E-state index contributed by atoms with van der Waals surface area (Å²) in [7, 11) is 0. The van der Waals surface area contributed by atoms with Crippen molar-refractivity contribution in [1.82, 2.24) is 9.97 Å². The summed E-state index contributed by atoms with van der Waals surface area (Å²) in [5.74, 6) is 3.68. The molecule has 1 aliphatic rings. The molecule has 0 saturated heterocycles. The Bertz CT molecular complexity index is 352. The molecule has 0 spiro atoms. The van der Waals surface area contributed by atoms with E-state index >= 15 is 0 Å². The lowest BCUT2D eigenvalue weighted by molar-refractivity contribution is 0.893. The van der Waals surface area contributed by atoms with Crippen LogP contribution in [0.2, 0.25) is 0 Å². The molecule has 0 bridgehead atoms. The van der Waals surface area contributed by atoms with E-state index < -0.39 is 0 Å². The molecule has 1 aliphatic carbocycles. The molecule has 1 heterocycles. The van der Waals surface area contributed by atoms with E-state index in [4.69, 9.17) is 5.73 Å². The summed E-state index contributed by atoms with van der Waals surface area (Å²) in [5, 5.41) is 0. The molecule has 0 fully saturated rings. The van der Waals surface area contributed by atoms with Gasteiger partial charge in [-0.25, -0.2) is 9.97 Å². The van der Waals surface area contributed by atoms with Gasteiger partial charge in [0.1, 0.15) is 11.6 Å². The zero-order valence-electron chi connectivity index (χ0n) is 9.12. The molecule has 1 aromatic heterocycles. The Morgan fingerprint density at radius 3 is 3.00 bits per heavy atom. The van der Waals surface area contributed by atoms with Crippen LogP contribution in [-0.2, 0) is 18.6 Å². The van der Waals surface area contributed by atoms with Crippen molar-refractivity contribution in [3.8, 4) is 0 Å². The highest BCUT2D eigenvalue weighted by Gasteiger charge is 2.17. The van der Waals surface area contributed by atoms with E-state index in [9.17, 15) is 0 Å². The molecule has 0 aliphatic heterocycles. The number of aryl methyl sites for hydroxylation is 1. The molecule has 0 saturated carbocycles. The Morgan fingerprint density at radius 1 is 1.33 bits per heavy atom. The fourth-order valence-corrected chi connectivity index (χ4v) is 2.63. The molecule has 1 aromatic rings. The first-order chi connectivity index (χ1) is 7.31. The van der Waals surface area contributed by atoms with Gasteiger partial charge in [0.15, 0.2) is 0 Å².